The molecule has 0 aliphatic carbocycles. The third-order valence-corrected chi connectivity index (χ3v) is 7.84. The molecule has 5 aromatic rings. The van der Waals surface area contributed by atoms with Crippen molar-refractivity contribution in [3.05, 3.63) is 195 Å². The molecule has 4 aromatic carbocycles. The molecule has 2 amide bonds. The number of para-hydroxylation sites is 2. The Kier molecular flexibility index (Phi) is 9.05. The molecular formula is C41H25N4O4-. The maximum atomic E-state index is 13.9. The lowest BCUT2D eigenvalue weighted by Gasteiger charge is -2.29. The number of imide groups is 1. The van der Waals surface area contributed by atoms with E-state index in [-0.39, 0.29) is 33.5 Å². The van der Waals surface area contributed by atoms with Crippen molar-refractivity contribution < 1.29 is 14.7 Å². The molecule has 0 spiro atoms. The Morgan fingerprint density at radius 1 is 0.694 bits per heavy atom. The molecular weight excluding hydrogens is 612 g/mol. The predicted molar refractivity (Wildman–Crippen MR) is 187 cm³/mol. The van der Waals surface area contributed by atoms with E-state index in [1.807, 2.05) is 6.07 Å². The number of hydrogen-bond donors (Lipinski definition) is 0. The lowest BCUT2D eigenvalue weighted by molar-refractivity contribution is -0.278. The molecule has 0 bridgehead atoms. The quantitative estimate of drug-likeness (QED) is 0.0839. The van der Waals surface area contributed by atoms with Crippen molar-refractivity contribution in [1.29, 1.82) is 5.26 Å². The van der Waals surface area contributed by atoms with E-state index in [0.29, 0.717) is 22.5 Å². The Hall–Kier alpha value is -7.29. The summed E-state index contributed by atoms with van der Waals surface area (Å²) in [6.07, 6.45) is 7.75. The highest BCUT2D eigenvalue weighted by Crippen LogP contribution is 2.37. The number of aromatic nitrogens is 1. The minimum Gasteiger partial charge on any atom is -0.859 e. The molecule has 0 N–H and O–H groups in total. The van der Waals surface area contributed by atoms with Crippen molar-refractivity contribution in [2.45, 2.75) is 0 Å². The molecule has 0 fully saturated rings. The zero-order valence-corrected chi connectivity index (χ0v) is 25.9. The summed E-state index contributed by atoms with van der Waals surface area (Å²) >= 11 is 0. The van der Waals surface area contributed by atoms with Gasteiger partial charge >= 0.3 is 0 Å². The van der Waals surface area contributed by atoms with Crippen LogP contribution < -0.4 is 15.6 Å². The summed E-state index contributed by atoms with van der Waals surface area (Å²) < 4.78 is 0.981. The van der Waals surface area contributed by atoms with Gasteiger partial charge in [0.15, 0.2) is 0 Å². The number of carbonyl (C=O) groups excluding carboxylic acids is 2. The summed E-state index contributed by atoms with van der Waals surface area (Å²) in [5, 5.41) is 24.0. The highest BCUT2D eigenvalue weighted by atomic mass is 16.3. The molecule has 0 saturated carbocycles. The maximum Gasteiger partial charge on any atom is 0.273 e. The van der Waals surface area contributed by atoms with Crippen LogP contribution in [-0.4, -0.2) is 16.4 Å². The first kappa shape index (κ1) is 31.7. The zero-order chi connectivity index (χ0) is 34.3. The van der Waals surface area contributed by atoms with Crippen molar-refractivity contribution in [3.63, 3.8) is 0 Å². The van der Waals surface area contributed by atoms with Gasteiger partial charge in [-0.15, -0.1) is 0 Å². The molecule has 0 radical (unpaired) electrons. The summed E-state index contributed by atoms with van der Waals surface area (Å²) in [6, 6.07) is 36.3. The van der Waals surface area contributed by atoms with Gasteiger partial charge in [0.05, 0.1) is 12.3 Å². The van der Waals surface area contributed by atoms with Crippen molar-refractivity contribution in [3.8, 4) is 28.8 Å². The minimum absolute atomic E-state index is 0.123. The number of anilines is 1. The van der Waals surface area contributed by atoms with Crippen molar-refractivity contribution >= 4 is 29.2 Å². The van der Waals surface area contributed by atoms with Gasteiger partial charge in [-0.2, -0.15) is 5.26 Å². The standard InChI is InChI=1S/C41H26N4O4/c1-43-37-36(29-19-9-3-10-20-29)33(39(47)45(41(37)49)31-23-13-5-14-24-31)26-16-6-15-25-32-35(28-17-7-2-8-18-28)34(27-42)40(48)44(38(32)46)30-21-11-4-12-22-30/h2-26,46H/p-1/b16-6?,25-15?,33-26-. The average Bonchev–Trinajstić information content (AvgIpc) is 3.14. The summed E-state index contributed by atoms with van der Waals surface area (Å²) in [5.41, 5.74) is 1.31. The number of hydrogen-bond acceptors (Lipinski definition) is 5. The normalized spacial score (nSPS) is 14.1. The predicted octanol–water partition coefficient (Wildman–Crippen LogP) is 6.85. The third kappa shape index (κ3) is 6.01. The highest BCUT2D eigenvalue weighted by molar-refractivity contribution is 6.36. The lowest BCUT2D eigenvalue weighted by atomic mass is 9.90. The smallest absolute Gasteiger partial charge is 0.273 e. The van der Waals surface area contributed by atoms with Gasteiger partial charge < -0.3 is 5.11 Å². The topological polar surface area (TPSA) is 111 Å². The summed E-state index contributed by atoms with van der Waals surface area (Å²) in [7, 11) is 0. The molecule has 234 valence electrons. The monoisotopic (exact) mass is 637 g/mol. The van der Waals surface area contributed by atoms with Gasteiger partial charge in [0, 0.05) is 22.4 Å². The average molecular weight is 638 g/mol. The molecule has 0 atom stereocenters. The van der Waals surface area contributed by atoms with Gasteiger partial charge in [0.1, 0.15) is 11.6 Å². The number of nitrogens with zero attached hydrogens (tertiary/aromatic N) is 4. The Morgan fingerprint density at radius 3 is 1.82 bits per heavy atom. The van der Waals surface area contributed by atoms with Gasteiger partial charge in [0.25, 0.3) is 23.1 Å². The fourth-order valence-corrected chi connectivity index (χ4v) is 5.64. The summed E-state index contributed by atoms with van der Waals surface area (Å²) in [4.78, 5) is 45.5. The van der Waals surface area contributed by atoms with Crippen LogP contribution in [0.25, 0.3) is 33.3 Å². The van der Waals surface area contributed by atoms with Gasteiger partial charge in [-0.3, -0.25) is 23.9 Å². The van der Waals surface area contributed by atoms with E-state index in [1.165, 1.54) is 12.2 Å². The Labute approximate surface area is 282 Å². The summed E-state index contributed by atoms with van der Waals surface area (Å²) in [6.45, 7) is 7.87. The molecule has 1 aromatic heterocycles. The second kappa shape index (κ2) is 14.0. The molecule has 49 heavy (non-hydrogen) atoms. The number of nitriles is 1. The first-order chi connectivity index (χ1) is 24.0. The summed E-state index contributed by atoms with van der Waals surface area (Å²) in [5.74, 6) is -1.92. The van der Waals surface area contributed by atoms with Crippen LogP contribution in [0, 0.1) is 17.9 Å². The van der Waals surface area contributed by atoms with Crippen LogP contribution in [0.15, 0.2) is 162 Å². The third-order valence-electron chi connectivity index (χ3n) is 7.84. The van der Waals surface area contributed by atoms with E-state index >= 15 is 0 Å². The molecule has 0 unspecified atom stereocenters. The second-order valence-electron chi connectivity index (χ2n) is 10.7. The van der Waals surface area contributed by atoms with E-state index in [0.717, 1.165) is 9.47 Å². The lowest BCUT2D eigenvalue weighted by Crippen LogP contribution is -2.42. The molecule has 1 aliphatic heterocycles. The number of carbonyl (C=O) groups is 2. The molecule has 1 aliphatic rings. The van der Waals surface area contributed by atoms with Crippen LogP contribution in [0.1, 0.15) is 16.7 Å². The van der Waals surface area contributed by atoms with Crippen molar-refractivity contribution in [2.24, 2.45) is 0 Å². The first-order valence-electron chi connectivity index (χ1n) is 15.1. The largest absolute Gasteiger partial charge is 0.859 e. The van der Waals surface area contributed by atoms with Crippen LogP contribution in [-0.2, 0) is 9.59 Å². The van der Waals surface area contributed by atoms with Gasteiger partial charge in [-0.25, -0.2) is 4.85 Å². The van der Waals surface area contributed by atoms with E-state index in [9.17, 15) is 24.8 Å². The molecule has 8 nitrogen and oxygen atoms in total. The number of amides is 2. The van der Waals surface area contributed by atoms with Gasteiger partial charge in [0.2, 0.25) is 0 Å². The fraction of sp³-hybridized carbons (Fsp3) is 0. The van der Waals surface area contributed by atoms with Crippen LogP contribution in [0.5, 0.6) is 5.88 Å². The fourth-order valence-electron chi connectivity index (χ4n) is 5.64. The van der Waals surface area contributed by atoms with Gasteiger partial charge in [-0.1, -0.05) is 127 Å². The first-order valence-corrected chi connectivity index (χ1v) is 15.1. The van der Waals surface area contributed by atoms with Crippen LogP contribution in [0.3, 0.4) is 0 Å². The number of rotatable bonds is 7. The second-order valence-corrected chi connectivity index (χ2v) is 10.7. The maximum absolute atomic E-state index is 13.9. The number of pyridine rings is 1. The number of allylic oxidation sites excluding steroid dienone is 4. The Balaban J connectivity index is 1.48. The molecule has 6 rings (SSSR count). The SMILES string of the molecule is [C-]#[N+]C1=C(c2ccccc2)/C(=C/C=CC=Cc2c(-c3ccccc3)c(C#N)c(=O)n(-c3ccccc3)c2[O-])C(=O)N(c2ccccc2)C1=O. The van der Waals surface area contributed by atoms with Crippen LogP contribution in [0.2, 0.25) is 0 Å². The number of benzene rings is 4. The highest BCUT2D eigenvalue weighted by Gasteiger charge is 2.38. The van der Waals surface area contributed by atoms with Crippen LogP contribution >= 0.6 is 0 Å². The van der Waals surface area contributed by atoms with E-state index < -0.39 is 23.3 Å². The van der Waals surface area contributed by atoms with Crippen molar-refractivity contribution in [1.82, 2.24) is 4.57 Å². The zero-order valence-electron chi connectivity index (χ0n) is 25.9. The van der Waals surface area contributed by atoms with Gasteiger partial charge in [-0.05, 0) is 46.8 Å². The minimum atomic E-state index is -0.723. The van der Waals surface area contributed by atoms with E-state index in [4.69, 9.17) is 6.57 Å². The molecule has 2 heterocycles. The van der Waals surface area contributed by atoms with Crippen LogP contribution in [0.4, 0.5) is 5.69 Å². The van der Waals surface area contributed by atoms with E-state index in [1.54, 1.807) is 140 Å². The Bertz CT molecular complexity index is 2340. The molecule has 0 saturated heterocycles. The molecule has 8 heteroatoms. The van der Waals surface area contributed by atoms with E-state index in [2.05, 4.69) is 4.85 Å². The van der Waals surface area contributed by atoms with Crippen molar-refractivity contribution in [2.75, 3.05) is 4.90 Å². The Morgan fingerprint density at radius 2 is 1.24 bits per heavy atom.